The summed E-state index contributed by atoms with van der Waals surface area (Å²) in [5.41, 5.74) is 26.6. The van der Waals surface area contributed by atoms with Gasteiger partial charge in [-0.2, -0.15) is 0 Å². The van der Waals surface area contributed by atoms with Crippen LogP contribution in [0.4, 0.5) is 34.1 Å². The van der Waals surface area contributed by atoms with Crippen LogP contribution in [0.1, 0.15) is 37.5 Å². The van der Waals surface area contributed by atoms with Gasteiger partial charge in [0.2, 0.25) is 0 Å². The molecule has 0 saturated carbocycles. The number of aryl methyl sites for hydroxylation is 2. The van der Waals surface area contributed by atoms with E-state index in [0.29, 0.717) is 0 Å². The van der Waals surface area contributed by atoms with Gasteiger partial charge in [0, 0.05) is 34.1 Å². The molecule has 69 heavy (non-hydrogen) atoms. The number of rotatable bonds is 7. The Kier molecular flexibility index (Phi) is 10.3. The molecule has 12 rings (SSSR count). The highest BCUT2D eigenvalue weighted by molar-refractivity contribution is 7.00. The van der Waals surface area contributed by atoms with E-state index < -0.39 is 0 Å². The van der Waals surface area contributed by atoms with Gasteiger partial charge in [0.25, 0.3) is 6.71 Å². The van der Waals surface area contributed by atoms with Gasteiger partial charge in [-0.3, -0.25) is 0 Å². The largest absolute Gasteiger partial charge is 0.311 e. The minimum Gasteiger partial charge on any atom is -0.311 e. The van der Waals surface area contributed by atoms with Gasteiger partial charge in [-0.15, -0.1) is 0 Å². The van der Waals surface area contributed by atoms with Crippen molar-refractivity contribution in [2.45, 2.75) is 40.0 Å². The van der Waals surface area contributed by atoms with Crippen LogP contribution in [0.2, 0.25) is 0 Å². The van der Waals surface area contributed by atoms with Crippen LogP contribution in [0.15, 0.2) is 231 Å². The van der Waals surface area contributed by atoms with Crippen molar-refractivity contribution in [3.8, 4) is 55.6 Å². The lowest BCUT2D eigenvalue weighted by Crippen LogP contribution is -2.61. The molecule has 2 aliphatic heterocycles. The summed E-state index contributed by atoms with van der Waals surface area (Å²) in [6, 6.07) is 86.1. The molecule has 2 aliphatic rings. The lowest BCUT2D eigenvalue weighted by Gasteiger charge is -2.45. The number of hydrogen-bond donors (Lipinski definition) is 0. The third kappa shape index (κ3) is 7.65. The second-order valence-electron chi connectivity index (χ2n) is 20.0. The topological polar surface area (TPSA) is 6.48 Å². The van der Waals surface area contributed by atoms with E-state index in [9.17, 15) is 0 Å². The SMILES string of the molecule is Cc1ccc2c(c1)B1c3cc(C)ccc3N(c3cc(-c4ccccc4)cc(-c4ccccc4)c3)c3cc(-c4ccc(C(C)(C)C)cc4)cc(c31)N2c1cc(-c2ccccc2)cc(-c2ccccc2)c1. The second-order valence-corrected chi connectivity index (χ2v) is 20.0. The van der Waals surface area contributed by atoms with Gasteiger partial charge in [-0.05, 0) is 158 Å². The fraction of sp³-hybridized carbons (Fsp3) is 0.0909. The Balaban J connectivity index is 1.19. The lowest BCUT2D eigenvalue weighted by atomic mass is 9.33. The fourth-order valence-corrected chi connectivity index (χ4v) is 10.8. The summed E-state index contributed by atoms with van der Waals surface area (Å²) < 4.78 is 0. The molecule has 0 amide bonds. The molecule has 10 aromatic carbocycles. The summed E-state index contributed by atoms with van der Waals surface area (Å²) >= 11 is 0. The molecule has 0 aliphatic carbocycles. The molecule has 3 heteroatoms. The predicted molar refractivity (Wildman–Crippen MR) is 296 cm³/mol. The molecule has 0 bridgehead atoms. The molecule has 10 aromatic rings. The van der Waals surface area contributed by atoms with E-state index in [0.717, 1.165) is 11.4 Å². The highest BCUT2D eigenvalue weighted by Crippen LogP contribution is 2.48. The lowest BCUT2D eigenvalue weighted by molar-refractivity contribution is 0.590. The number of hydrogen-bond acceptors (Lipinski definition) is 2. The van der Waals surface area contributed by atoms with Crippen molar-refractivity contribution < 1.29 is 0 Å². The van der Waals surface area contributed by atoms with E-state index in [1.54, 1.807) is 0 Å². The van der Waals surface area contributed by atoms with Crippen molar-refractivity contribution in [1.29, 1.82) is 0 Å². The molecule has 2 nitrogen and oxygen atoms in total. The zero-order valence-corrected chi connectivity index (χ0v) is 39.9. The molecule has 0 saturated heterocycles. The van der Waals surface area contributed by atoms with Crippen molar-refractivity contribution in [3.05, 3.63) is 247 Å². The maximum absolute atomic E-state index is 2.57. The minimum atomic E-state index is -0.0126. The van der Waals surface area contributed by atoms with Crippen LogP contribution >= 0.6 is 0 Å². The van der Waals surface area contributed by atoms with Crippen molar-refractivity contribution >= 4 is 57.2 Å². The standard InChI is InChI=1S/C66H53BN2/c1-44-26-32-61-59(34-44)67-60-35-45(2)27-33-62(60)69(58-40-53(48-22-14-8-15-23-48)37-54(41-58)49-24-16-9-17-25-49)64-43-55(50-28-30-56(31-29-50)66(3,4)5)42-63(65(64)67)68(61)57-38-51(46-18-10-6-11-19-46)36-52(39-57)47-20-12-7-13-21-47/h6-43H,1-5H3. The van der Waals surface area contributed by atoms with E-state index in [-0.39, 0.29) is 12.1 Å². The predicted octanol–water partition coefficient (Wildman–Crippen LogP) is 16.0. The first-order chi connectivity index (χ1) is 33.6. The van der Waals surface area contributed by atoms with Crippen LogP contribution in [0.3, 0.4) is 0 Å². The summed E-state index contributed by atoms with van der Waals surface area (Å²) in [6.45, 7) is 11.3. The van der Waals surface area contributed by atoms with E-state index >= 15 is 0 Å². The van der Waals surface area contributed by atoms with Gasteiger partial charge < -0.3 is 9.80 Å². The minimum absolute atomic E-state index is 0.0126. The monoisotopic (exact) mass is 884 g/mol. The molecule has 0 fully saturated rings. The second kappa shape index (κ2) is 16.9. The zero-order valence-electron chi connectivity index (χ0n) is 39.9. The van der Waals surface area contributed by atoms with Crippen molar-refractivity contribution in [1.82, 2.24) is 0 Å². The molecule has 0 atom stereocenters. The van der Waals surface area contributed by atoms with Crippen LogP contribution in [0.25, 0.3) is 55.6 Å². The number of benzene rings is 10. The van der Waals surface area contributed by atoms with Crippen molar-refractivity contribution in [2.75, 3.05) is 9.80 Å². The third-order valence-corrected chi connectivity index (χ3v) is 14.2. The average molecular weight is 885 g/mol. The third-order valence-electron chi connectivity index (χ3n) is 14.2. The molecule has 2 heterocycles. The smallest absolute Gasteiger partial charge is 0.252 e. The highest BCUT2D eigenvalue weighted by atomic mass is 15.2. The summed E-state index contributed by atoms with van der Waals surface area (Å²) in [4.78, 5) is 5.15. The quantitative estimate of drug-likeness (QED) is 0.147. The van der Waals surface area contributed by atoms with Gasteiger partial charge in [0.05, 0.1) is 0 Å². The van der Waals surface area contributed by atoms with Gasteiger partial charge in [-0.1, -0.05) is 202 Å². The van der Waals surface area contributed by atoms with Crippen LogP contribution in [-0.2, 0) is 5.41 Å². The first-order valence-electron chi connectivity index (χ1n) is 24.3. The van der Waals surface area contributed by atoms with Crippen molar-refractivity contribution in [2.24, 2.45) is 0 Å². The Labute approximate surface area is 407 Å². The number of fused-ring (bicyclic) bond motifs is 4. The van der Waals surface area contributed by atoms with Gasteiger partial charge in [0.15, 0.2) is 0 Å². The average Bonchev–Trinajstić information content (AvgIpc) is 3.39. The number of anilines is 6. The van der Waals surface area contributed by atoms with Gasteiger partial charge >= 0.3 is 0 Å². The number of nitrogens with zero attached hydrogens (tertiary/aromatic N) is 2. The fourth-order valence-electron chi connectivity index (χ4n) is 10.8. The molecule has 0 spiro atoms. The summed E-state index contributed by atoms with van der Waals surface area (Å²) in [7, 11) is 0. The Bertz CT molecular complexity index is 3220. The Hall–Kier alpha value is -8.14. The first kappa shape index (κ1) is 42.2. The molecule has 330 valence electrons. The first-order valence-corrected chi connectivity index (χ1v) is 24.3. The summed E-state index contributed by atoms with van der Waals surface area (Å²) in [5.74, 6) is 0. The Morgan fingerprint density at radius 1 is 0.304 bits per heavy atom. The Morgan fingerprint density at radius 2 is 0.638 bits per heavy atom. The maximum Gasteiger partial charge on any atom is 0.252 e. The zero-order chi connectivity index (χ0) is 46.8. The van der Waals surface area contributed by atoms with Crippen LogP contribution in [-0.4, -0.2) is 6.71 Å². The summed E-state index contributed by atoms with van der Waals surface area (Å²) in [5, 5.41) is 0. The van der Waals surface area contributed by atoms with Gasteiger partial charge in [-0.25, -0.2) is 0 Å². The summed E-state index contributed by atoms with van der Waals surface area (Å²) in [6.07, 6.45) is 0. The van der Waals surface area contributed by atoms with Crippen LogP contribution < -0.4 is 26.2 Å². The van der Waals surface area contributed by atoms with Crippen LogP contribution in [0.5, 0.6) is 0 Å². The molecule has 0 unspecified atom stereocenters. The van der Waals surface area contributed by atoms with E-state index in [4.69, 9.17) is 0 Å². The normalized spacial score (nSPS) is 12.6. The van der Waals surface area contributed by atoms with E-state index in [1.165, 1.54) is 111 Å². The molecular weight excluding hydrogens is 832 g/mol. The molecule has 0 aromatic heterocycles. The maximum atomic E-state index is 2.57. The molecule has 0 radical (unpaired) electrons. The van der Waals surface area contributed by atoms with Gasteiger partial charge in [0.1, 0.15) is 0 Å². The van der Waals surface area contributed by atoms with E-state index in [1.807, 2.05) is 0 Å². The van der Waals surface area contributed by atoms with Crippen molar-refractivity contribution in [3.63, 3.8) is 0 Å². The molecule has 0 N–H and O–H groups in total. The Morgan fingerprint density at radius 3 is 0.986 bits per heavy atom. The van der Waals surface area contributed by atoms with E-state index in [2.05, 4.69) is 275 Å². The molecular formula is C66H53BN2. The van der Waals surface area contributed by atoms with Crippen LogP contribution in [0, 0.1) is 13.8 Å². The highest BCUT2D eigenvalue weighted by Gasteiger charge is 2.44.